The Morgan fingerprint density at radius 1 is 1.31 bits per heavy atom. The predicted molar refractivity (Wildman–Crippen MR) is 62.9 cm³/mol. The third-order valence-electron chi connectivity index (χ3n) is 3.36. The van der Waals surface area contributed by atoms with Crippen molar-refractivity contribution in [3.8, 4) is 0 Å². The van der Waals surface area contributed by atoms with E-state index in [-0.39, 0.29) is 0 Å². The largest absolute Gasteiger partial charge is 0.114 e. The van der Waals surface area contributed by atoms with Crippen LogP contribution in [0.5, 0.6) is 0 Å². The Balaban J connectivity index is 2.25. The van der Waals surface area contributed by atoms with Gasteiger partial charge in [0.1, 0.15) is 8.07 Å². The van der Waals surface area contributed by atoms with Gasteiger partial charge in [-0.05, 0) is 33.8 Å². The molecule has 2 aliphatic heterocycles. The zero-order valence-electron chi connectivity index (χ0n) is 8.31. The third kappa shape index (κ3) is 0.719. The summed E-state index contributed by atoms with van der Waals surface area (Å²) in [6.45, 7) is 7.28. The van der Waals surface area contributed by atoms with Crippen LogP contribution >= 0.6 is 8.20 Å². The minimum absolute atomic E-state index is 1.11. The van der Waals surface area contributed by atoms with Gasteiger partial charge in [-0.2, -0.15) is 0 Å². The Morgan fingerprint density at radius 3 is 2.77 bits per heavy atom. The minimum Gasteiger partial charge on any atom is -0.0644 e. The van der Waals surface area contributed by atoms with Crippen molar-refractivity contribution in [3.63, 3.8) is 0 Å². The van der Waals surface area contributed by atoms with Gasteiger partial charge >= 0.3 is 0 Å². The summed E-state index contributed by atoms with van der Waals surface area (Å²) < 4.78 is 0. The molecule has 13 heavy (non-hydrogen) atoms. The molecule has 0 unspecified atom stereocenters. The molecule has 0 N–H and O–H groups in total. The van der Waals surface area contributed by atoms with Crippen LogP contribution in [-0.2, 0) is 0 Å². The van der Waals surface area contributed by atoms with Gasteiger partial charge < -0.3 is 0 Å². The van der Waals surface area contributed by atoms with Crippen LogP contribution < -0.4 is 0 Å². The first kappa shape index (κ1) is 7.96. The monoisotopic (exact) mass is 204 g/mol. The Morgan fingerprint density at radius 2 is 2.08 bits per heavy atom. The van der Waals surface area contributed by atoms with E-state index in [1.165, 1.54) is 14.6 Å². The molecule has 0 aromatic rings. The summed E-state index contributed by atoms with van der Waals surface area (Å²) in [5.41, 5.74) is 1.66. The van der Waals surface area contributed by atoms with Crippen LogP contribution in [0.15, 0.2) is 33.4 Å². The summed E-state index contributed by atoms with van der Waals surface area (Å²) in [5.74, 6) is 0. The van der Waals surface area contributed by atoms with E-state index in [2.05, 4.69) is 32.2 Å². The van der Waals surface area contributed by atoms with Crippen LogP contribution in [0.4, 0.5) is 0 Å². The Kier molecular flexibility index (Phi) is 1.32. The highest BCUT2D eigenvalue weighted by Gasteiger charge is 2.49. The molecule has 0 spiro atoms. The quantitative estimate of drug-likeness (QED) is 0.453. The standard InChI is InChI=1S/C11H13PSi/c1-4-7-11-10-8(12-7)5-6-9(10)13(11,2)3/h5-6H,4H2,1-3H3. The fraction of sp³-hybridized carbons (Fsp3) is 0.364. The van der Waals surface area contributed by atoms with E-state index in [0.717, 1.165) is 0 Å². The topological polar surface area (TPSA) is 0 Å². The van der Waals surface area contributed by atoms with Crippen LogP contribution in [0, 0.1) is 0 Å². The lowest BCUT2D eigenvalue weighted by molar-refractivity contribution is 1.31. The van der Waals surface area contributed by atoms with E-state index >= 15 is 0 Å². The Labute approximate surface area is 81.9 Å². The van der Waals surface area contributed by atoms with Gasteiger partial charge in [-0.3, -0.25) is 0 Å². The van der Waals surface area contributed by atoms with Crippen molar-refractivity contribution in [2.75, 3.05) is 0 Å². The zero-order valence-corrected chi connectivity index (χ0v) is 10.2. The van der Waals surface area contributed by atoms with Crippen LogP contribution in [0.25, 0.3) is 0 Å². The maximum atomic E-state index is 2.49. The maximum Gasteiger partial charge on any atom is 0.114 e. The van der Waals surface area contributed by atoms with E-state index in [9.17, 15) is 0 Å². The normalized spacial score (nSPS) is 27.8. The van der Waals surface area contributed by atoms with Gasteiger partial charge in [0.25, 0.3) is 0 Å². The number of hydrogen-bond acceptors (Lipinski definition) is 0. The average molecular weight is 204 g/mol. The van der Waals surface area contributed by atoms with E-state index < -0.39 is 8.07 Å². The molecule has 0 saturated heterocycles. The fourth-order valence-electron chi connectivity index (χ4n) is 2.69. The van der Waals surface area contributed by atoms with E-state index in [4.69, 9.17) is 0 Å². The van der Waals surface area contributed by atoms with Crippen molar-refractivity contribution in [2.24, 2.45) is 0 Å². The highest BCUT2D eigenvalue weighted by atomic mass is 31.1. The van der Waals surface area contributed by atoms with Gasteiger partial charge in [0.05, 0.1) is 0 Å². The van der Waals surface area contributed by atoms with Gasteiger partial charge in [0.2, 0.25) is 0 Å². The molecule has 3 rings (SSSR count). The molecule has 66 valence electrons. The van der Waals surface area contributed by atoms with Gasteiger partial charge in [-0.1, -0.05) is 34.3 Å². The molecule has 0 radical (unpaired) electrons. The summed E-state index contributed by atoms with van der Waals surface area (Å²) in [6, 6.07) is 0. The van der Waals surface area contributed by atoms with Gasteiger partial charge in [-0.25, -0.2) is 0 Å². The highest BCUT2D eigenvalue weighted by molar-refractivity contribution is 7.49. The predicted octanol–water partition coefficient (Wildman–Crippen LogP) is 3.45. The van der Waals surface area contributed by atoms with Crippen molar-refractivity contribution in [1.29, 1.82) is 0 Å². The molecular formula is C11H13PSi. The molecule has 2 heteroatoms. The molecule has 0 nitrogen and oxygen atoms in total. The van der Waals surface area contributed by atoms with Gasteiger partial charge in [0, 0.05) is 5.31 Å². The summed E-state index contributed by atoms with van der Waals surface area (Å²) in [5, 5.41) is 6.82. The molecule has 0 aromatic carbocycles. The summed E-state index contributed by atoms with van der Waals surface area (Å²) in [6.07, 6.45) is 5.97. The Hall–Kier alpha value is -0.393. The SMILES string of the molecule is CCC1=PC2=CC=C3C2=C1[Si]3(C)C. The molecule has 0 fully saturated rings. The summed E-state index contributed by atoms with van der Waals surface area (Å²) >= 11 is 0. The van der Waals surface area contributed by atoms with Crippen molar-refractivity contribution >= 4 is 21.6 Å². The zero-order chi connectivity index (χ0) is 9.22. The first-order valence-corrected chi connectivity index (χ1v) is 8.81. The summed E-state index contributed by atoms with van der Waals surface area (Å²) in [4.78, 5) is 0. The summed E-state index contributed by atoms with van der Waals surface area (Å²) in [7, 11) is 0.406. The number of hydrogen-bond donors (Lipinski definition) is 0. The van der Waals surface area contributed by atoms with E-state index in [1.807, 2.05) is 0 Å². The van der Waals surface area contributed by atoms with E-state index in [0.29, 0.717) is 0 Å². The van der Waals surface area contributed by atoms with Crippen LogP contribution in [0.1, 0.15) is 13.3 Å². The molecule has 0 atom stereocenters. The highest BCUT2D eigenvalue weighted by Crippen LogP contribution is 2.57. The second-order valence-electron chi connectivity index (χ2n) is 4.42. The first-order chi connectivity index (χ1) is 6.16. The minimum atomic E-state index is -1.11. The van der Waals surface area contributed by atoms with Crippen molar-refractivity contribution in [2.45, 2.75) is 26.4 Å². The van der Waals surface area contributed by atoms with Crippen LogP contribution in [0.3, 0.4) is 0 Å². The van der Waals surface area contributed by atoms with Crippen molar-refractivity contribution in [1.82, 2.24) is 0 Å². The second kappa shape index (κ2) is 2.16. The molecule has 0 amide bonds. The van der Waals surface area contributed by atoms with Crippen molar-refractivity contribution < 1.29 is 0 Å². The first-order valence-electron chi connectivity index (χ1n) is 4.92. The number of rotatable bonds is 1. The van der Waals surface area contributed by atoms with E-state index in [1.54, 1.807) is 26.6 Å². The lowest BCUT2D eigenvalue weighted by Crippen LogP contribution is -2.44. The van der Waals surface area contributed by atoms with Crippen LogP contribution in [0.2, 0.25) is 13.1 Å². The average Bonchev–Trinajstić information content (AvgIpc) is 2.54. The van der Waals surface area contributed by atoms with Gasteiger partial charge in [0.15, 0.2) is 0 Å². The molecule has 2 heterocycles. The van der Waals surface area contributed by atoms with Crippen molar-refractivity contribution in [3.05, 3.63) is 33.4 Å². The van der Waals surface area contributed by atoms with Gasteiger partial charge in [-0.15, -0.1) is 0 Å². The fourth-order valence-corrected chi connectivity index (χ4v) is 8.33. The smallest absolute Gasteiger partial charge is 0.0644 e. The number of allylic oxidation sites excluding steroid dienone is 6. The molecular weight excluding hydrogens is 191 g/mol. The maximum absolute atomic E-state index is 2.49. The molecule has 0 aromatic heterocycles. The lowest BCUT2D eigenvalue weighted by atomic mass is 10.2. The molecule has 0 bridgehead atoms. The molecule has 3 aliphatic rings. The van der Waals surface area contributed by atoms with Crippen LogP contribution in [-0.4, -0.2) is 13.4 Å². The Bertz CT molecular complexity index is 433. The molecule has 1 aliphatic carbocycles. The third-order valence-corrected chi connectivity index (χ3v) is 8.56. The molecule has 0 saturated carbocycles. The second-order valence-corrected chi connectivity index (χ2v) is 9.95. The lowest BCUT2D eigenvalue weighted by Gasteiger charge is -2.38.